The molecule has 0 radical (unpaired) electrons. The third kappa shape index (κ3) is 2.97. The Labute approximate surface area is 120 Å². The molecular formula is C15H25N3O2. The fourth-order valence-corrected chi connectivity index (χ4v) is 3.03. The maximum Gasteiger partial charge on any atom is 0.359 e. The number of anilines is 1. The largest absolute Gasteiger partial charge is 0.458 e. The van der Waals surface area contributed by atoms with Gasteiger partial charge in [0.15, 0.2) is 5.69 Å². The van der Waals surface area contributed by atoms with Crippen molar-refractivity contribution in [1.82, 2.24) is 9.78 Å². The molecule has 0 aliphatic heterocycles. The third-order valence-electron chi connectivity index (χ3n) is 4.27. The number of ether oxygens (including phenoxy) is 1. The average Bonchev–Trinajstić information content (AvgIpc) is 2.73. The van der Waals surface area contributed by atoms with E-state index < -0.39 is 0 Å². The number of nitrogens with zero attached hydrogens (tertiary/aromatic N) is 2. The van der Waals surface area contributed by atoms with E-state index in [-0.39, 0.29) is 12.1 Å². The molecule has 0 aromatic carbocycles. The van der Waals surface area contributed by atoms with Gasteiger partial charge in [-0.05, 0) is 31.6 Å². The lowest BCUT2D eigenvalue weighted by atomic mass is 9.85. The third-order valence-corrected chi connectivity index (χ3v) is 4.27. The van der Waals surface area contributed by atoms with Gasteiger partial charge in [0.1, 0.15) is 6.10 Å². The smallest absolute Gasteiger partial charge is 0.359 e. The minimum absolute atomic E-state index is 0.0283. The normalized spacial score (nSPS) is 22.8. The maximum atomic E-state index is 12.3. The summed E-state index contributed by atoms with van der Waals surface area (Å²) >= 11 is 0. The standard InChI is InChI=1S/C15H25N3O2/c1-4-10-7-6-8-11(9-10)20-15(19)14-13(16)12(5-2)17-18(14)3/h10-11H,4-9,16H2,1-3H3. The Kier molecular flexibility index (Phi) is 4.68. The minimum atomic E-state index is -0.334. The van der Waals surface area contributed by atoms with Gasteiger partial charge in [0.2, 0.25) is 0 Å². The Morgan fingerprint density at radius 3 is 2.80 bits per heavy atom. The Balaban J connectivity index is 2.06. The molecule has 2 atom stereocenters. The SMILES string of the molecule is CCc1nn(C)c(C(=O)OC2CCCC(CC)C2)c1N. The average molecular weight is 279 g/mol. The topological polar surface area (TPSA) is 70.1 Å². The maximum absolute atomic E-state index is 12.3. The first-order chi connectivity index (χ1) is 9.56. The summed E-state index contributed by atoms with van der Waals surface area (Å²) in [4.78, 5) is 12.3. The van der Waals surface area contributed by atoms with Crippen LogP contribution in [0.1, 0.15) is 62.1 Å². The number of aromatic nitrogens is 2. The lowest BCUT2D eigenvalue weighted by Gasteiger charge is -2.28. The Hall–Kier alpha value is -1.52. The number of rotatable bonds is 4. The van der Waals surface area contributed by atoms with Crippen LogP contribution in [0.5, 0.6) is 0 Å². The highest BCUT2D eigenvalue weighted by molar-refractivity contribution is 5.93. The highest BCUT2D eigenvalue weighted by atomic mass is 16.5. The molecule has 2 unspecified atom stereocenters. The van der Waals surface area contributed by atoms with E-state index in [1.807, 2.05) is 6.92 Å². The first kappa shape index (κ1) is 14.9. The molecule has 112 valence electrons. The second-order valence-corrected chi connectivity index (χ2v) is 5.65. The predicted molar refractivity (Wildman–Crippen MR) is 78.5 cm³/mol. The second-order valence-electron chi connectivity index (χ2n) is 5.65. The Morgan fingerprint density at radius 1 is 1.45 bits per heavy atom. The summed E-state index contributed by atoms with van der Waals surface area (Å²) in [5.41, 5.74) is 7.60. The summed E-state index contributed by atoms with van der Waals surface area (Å²) < 4.78 is 7.19. The van der Waals surface area contributed by atoms with E-state index in [9.17, 15) is 4.79 Å². The molecule has 0 bridgehead atoms. The zero-order chi connectivity index (χ0) is 14.7. The number of aryl methyl sites for hydroxylation is 2. The predicted octanol–water partition coefficient (Wildman–Crippen LogP) is 2.69. The molecule has 1 aromatic rings. The van der Waals surface area contributed by atoms with E-state index in [2.05, 4.69) is 12.0 Å². The quantitative estimate of drug-likeness (QED) is 0.860. The fourth-order valence-electron chi connectivity index (χ4n) is 3.03. The highest BCUT2D eigenvalue weighted by Gasteiger charge is 2.27. The van der Waals surface area contributed by atoms with E-state index in [0.717, 1.165) is 31.4 Å². The van der Waals surface area contributed by atoms with Gasteiger partial charge in [-0.25, -0.2) is 4.79 Å². The Morgan fingerprint density at radius 2 is 2.20 bits per heavy atom. The minimum Gasteiger partial charge on any atom is -0.458 e. The van der Waals surface area contributed by atoms with Crippen LogP contribution in [0.25, 0.3) is 0 Å². The van der Waals surface area contributed by atoms with Gasteiger partial charge < -0.3 is 10.5 Å². The summed E-state index contributed by atoms with van der Waals surface area (Å²) in [5, 5.41) is 4.26. The number of carbonyl (C=O) groups is 1. The van der Waals surface area contributed by atoms with Crippen LogP contribution in [0, 0.1) is 5.92 Å². The molecule has 1 aromatic heterocycles. The molecule has 0 spiro atoms. The molecule has 1 aliphatic rings. The molecule has 5 heteroatoms. The van der Waals surface area contributed by atoms with Gasteiger partial charge in [-0.3, -0.25) is 4.68 Å². The number of carbonyl (C=O) groups excluding carboxylic acids is 1. The molecule has 1 saturated carbocycles. The van der Waals surface area contributed by atoms with Crippen molar-refractivity contribution < 1.29 is 9.53 Å². The van der Waals surface area contributed by atoms with E-state index in [1.165, 1.54) is 11.1 Å². The molecule has 0 amide bonds. The second kappa shape index (κ2) is 6.29. The van der Waals surface area contributed by atoms with Crippen LogP contribution in [0.3, 0.4) is 0 Å². The van der Waals surface area contributed by atoms with Gasteiger partial charge in [-0.2, -0.15) is 5.10 Å². The van der Waals surface area contributed by atoms with Crippen LogP contribution < -0.4 is 5.73 Å². The van der Waals surface area contributed by atoms with Gasteiger partial charge in [0.25, 0.3) is 0 Å². The molecule has 0 saturated heterocycles. The summed E-state index contributed by atoms with van der Waals surface area (Å²) in [5.74, 6) is 0.343. The Bertz CT molecular complexity index is 482. The molecule has 1 fully saturated rings. The van der Waals surface area contributed by atoms with Gasteiger partial charge in [0, 0.05) is 7.05 Å². The molecule has 1 aliphatic carbocycles. The monoisotopic (exact) mass is 279 g/mol. The number of hydrogen-bond donors (Lipinski definition) is 1. The van der Waals surface area contributed by atoms with Crippen molar-refractivity contribution in [1.29, 1.82) is 0 Å². The van der Waals surface area contributed by atoms with Crippen LogP contribution in [-0.2, 0) is 18.2 Å². The summed E-state index contributed by atoms with van der Waals surface area (Å²) in [6, 6.07) is 0. The zero-order valence-electron chi connectivity index (χ0n) is 12.7. The van der Waals surface area contributed by atoms with Crippen LogP contribution in [-0.4, -0.2) is 21.9 Å². The van der Waals surface area contributed by atoms with Gasteiger partial charge >= 0.3 is 5.97 Å². The van der Waals surface area contributed by atoms with Crippen LogP contribution in [0.2, 0.25) is 0 Å². The van der Waals surface area contributed by atoms with Crippen molar-refractivity contribution in [3.63, 3.8) is 0 Å². The fraction of sp³-hybridized carbons (Fsp3) is 0.733. The summed E-state index contributed by atoms with van der Waals surface area (Å²) in [6.45, 7) is 4.17. The van der Waals surface area contributed by atoms with Gasteiger partial charge in [-0.15, -0.1) is 0 Å². The van der Waals surface area contributed by atoms with Crippen molar-refractivity contribution in [2.45, 2.75) is 58.5 Å². The number of hydrogen-bond acceptors (Lipinski definition) is 4. The van der Waals surface area contributed by atoms with Crippen LogP contribution in [0.4, 0.5) is 5.69 Å². The van der Waals surface area contributed by atoms with E-state index in [1.54, 1.807) is 7.05 Å². The summed E-state index contributed by atoms with van der Waals surface area (Å²) in [7, 11) is 1.74. The van der Waals surface area contributed by atoms with E-state index in [0.29, 0.717) is 23.7 Å². The van der Waals surface area contributed by atoms with Crippen LogP contribution in [0.15, 0.2) is 0 Å². The molecular weight excluding hydrogens is 254 g/mol. The van der Waals surface area contributed by atoms with Crippen molar-refractivity contribution in [2.75, 3.05) is 5.73 Å². The molecule has 20 heavy (non-hydrogen) atoms. The van der Waals surface area contributed by atoms with Crippen molar-refractivity contribution >= 4 is 11.7 Å². The van der Waals surface area contributed by atoms with Crippen molar-refractivity contribution in [3.05, 3.63) is 11.4 Å². The number of nitrogens with two attached hydrogens (primary N) is 1. The molecule has 1 heterocycles. The first-order valence-corrected chi connectivity index (χ1v) is 7.59. The zero-order valence-corrected chi connectivity index (χ0v) is 12.7. The van der Waals surface area contributed by atoms with E-state index in [4.69, 9.17) is 10.5 Å². The molecule has 2 N–H and O–H groups in total. The van der Waals surface area contributed by atoms with Crippen molar-refractivity contribution in [2.24, 2.45) is 13.0 Å². The number of nitrogen functional groups attached to an aromatic ring is 1. The lowest BCUT2D eigenvalue weighted by molar-refractivity contribution is 0.0129. The van der Waals surface area contributed by atoms with Crippen molar-refractivity contribution in [3.8, 4) is 0 Å². The van der Waals surface area contributed by atoms with E-state index >= 15 is 0 Å². The van der Waals surface area contributed by atoms with Crippen LogP contribution >= 0.6 is 0 Å². The molecule has 5 nitrogen and oxygen atoms in total. The lowest BCUT2D eigenvalue weighted by Crippen LogP contribution is -2.26. The van der Waals surface area contributed by atoms with Gasteiger partial charge in [0.05, 0.1) is 11.4 Å². The number of esters is 1. The molecule has 2 rings (SSSR count). The summed E-state index contributed by atoms with van der Waals surface area (Å²) in [6.07, 6.45) is 6.22. The highest BCUT2D eigenvalue weighted by Crippen LogP contribution is 2.29. The first-order valence-electron chi connectivity index (χ1n) is 7.59. The van der Waals surface area contributed by atoms with Gasteiger partial charge in [-0.1, -0.05) is 26.7 Å².